The van der Waals surface area contributed by atoms with E-state index in [1.54, 1.807) is 13.8 Å². The van der Waals surface area contributed by atoms with Gasteiger partial charge in [0.1, 0.15) is 12.2 Å². The Bertz CT molecular complexity index is 253. The lowest BCUT2D eigenvalue weighted by atomic mass is 9.96. The number of hydrogen-bond donors (Lipinski definition) is 0. The SMILES string of the molecule is CC(=O)O[C@H]1[C@H](I)[C@@H](C)OC(=O)[C@H]1C. The minimum atomic E-state index is -0.378. The second-order valence-electron chi connectivity index (χ2n) is 3.45. The first kappa shape index (κ1) is 11.7. The lowest BCUT2D eigenvalue weighted by Gasteiger charge is -2.35. The first-order chi connectivity index (χ1) is 6.43. The highest BCUT2D eigenvalue weighted by Gasteiger charge is 2.42. The zero-order chi connectivity index (χ0) is 10.9. The van der Waals surface area contributed by atoms with E-state index in [2.05, 4.69) is 22.6 Å². The number of ether oxygens (including phenoxy) is 2. The molecule has 80 valence electrons. The standard InChI is InChI=1S/C9H13IO4/c1-4-8(14-6(3)11)7(10)5(2)13-9(4)12/h4-5,7-8H,1-3H3/t4-,5+,7+,8+/m0/s1. The van der Waals surface area contributed by atoms with E-state index in [4.69, 9.17) is 9.47 Å². The minimum Gasteiger partial charge on any atom is -0.461 e. The van der Waals surface area contributed by atoms with Crippen LogP contribution in [0.3, 0.4) is 0 Å². The molecule has 0 unspecified atom stereocenters. The van der Waals surface area contributed by atoms with Crippen LogP contribution in [0.15, 0.2) is 0 Å². The molecule has 0 spiro atoms. The summed E-state index contributed by atoms with van der Waals surface area (Å²) < 4.78 is 10.2. The van der Waals surface area contributed by atoms with Crippen LogP contribution in [-0.2, 0) is 19.1 Å². The van der Waals surface area contributed by atoms with E-state index in [-0.39, 0.29) is 34.0 Å². The maximum Gasteiger partial charge on any atom is 0.312 e. The molecule has 0 bridgehead atoms. The Morgan fingerprint density at radius 3 is 2.57 bits per heavy atom. The summed E-state index contributed by atoms with van der Waals surface area (Å²) in [7, 11) is 0. The predicted molar refractivity (Wildman–Crippen MR) is 58.1 cm³/mol. The largest absolute Gasteiger partial charge is 0.461 e. The highest BCUT2D eigenvalue weighted by atomic mass is 127. The van der Waals surface area contributed by atoms with Gasteiger partial charge in [0.05, 0.1) is 9.84 Å². The second kappa shape index (κ2) is 4.46. The fourth-order valence-corrected chi connectivity index (χ4v) is 2.31. The van der Waals surface area contributed by atoms with Crippen molar-refractivity contribution in [1.82, 2.24) is 0 Å². The summed E-state index contributed by atoms with van der Waals surface area (Å²) in [5.74, 6) is -1.03. The van der Waals surface area contributed by atoms with Crippen molar-refractivity contribution < 1.29 is 19.1 Å². The van der Waals surface area contributed by atoms with Crippen LogP contribution in [0.25, 0.3) is 0 Å². The van der Waals surface area contributed by atoms with E-state index in [1.807, 2.05) is 0 Å². The van der Waals surface area contributed by atoms with Crippen molar-refractivity contribution in [2.45, 2.75) is 36.9 Å². The molecule has 4 atom stereocenters. The maximum atomic E-state index is 11.3. The van der Waals surface area contributed by atoms with E-state index < -0.39 is 0 Å². The van der Waals surface area contributed by atoms with Crippen LogP contribution in [0.2, 0.25) is 0 Å². The monoisotopic (exact) mass is 312 g/mol. The van der Waals surface area contributed by atoms with Crippen LogP contribution >= 0.6 is 22.6 Å². The Hall–Kier alpha value is -0.330. The van der Waals surface area contributed by atoms with E-state index in [9.17, 15) is 9.59 Å². The Morgan fingerprint density at radius 1 is 1.50 bits per heavy atom. The molecule has 4 nitrogen and oxygen atoms in total. The smallest absolute Gasteiger partial charge is 0.312 e. The van der Waals surface area contributed by atoms with E-state index >= 15 is 0 Å². The van der Waals surface area contributed by atoms with Gasteiger partial charge in [-0.1, -0.05) is 22.6 Å². The predicted octanol–water partition coefficient (Wildman–Crippen LogP) is 1.30. The molecule has 0 aromatic heterocycles. The van der Waals surface area contributed by atoms with Gasteiger partial charge in [-0.15, -0.1) is 0 Å². The van der Waals surface area contributed by atoms with Gasteiger partial charge in [-0.3, -0.25) is 9.59 Å². The summed E-state index contributed by atoms with van der Waals surface area (Å²) >= 11 is 2.15. The fourth-order valence-electron chi connectivity index (χ4n) is 1.39. The molecule has 1 saturated heterocycles. The lowest BCUT2D eigenvalue weighted by Crippen LogP contribution is -2.49. The van der Waals surface area contributed by atoms with Gasteiger partial charge in [-0.25, -0.2) is 0 Å². The molecule has 0 saturated carbocycles. The van der Waals surface area contributed by atoms with Crippen molar-refractivity contribution in [2.75, 3.05) is 0 Å². The van der Waals surface area contributed by atoms with E-state index in [0.29, 0.717) is 0 Å². The number of cyclic esters (lactones) is 1. The average Bonchev–Trinajstić information content (AvgIpc) is 2.09. The number of rotatable bonds is 1. The highest BCUT2D eigenvalue weighted by Crippen LogP contribution is 2.29. The van der Waals surface area contributed by atoms with Gasteiger partial charge < -0.3 is 9.47 Å². The molecule has 1 aliphatic rings. The Morgan fingerprint density at radius 2 is 2.07 bits per heavy atom. The molecule has 1 aliphatic heterocycles. The third-order valence-corrected chi connectivity index (χ3v) is 3.95. The first-order valence-electron chi connectivity index (χ1n) is 4.45. The average molecular weight is 312 g/mol. The third kappa shape index (κ3) is 2.37. The van der Waals surface area contributed by atoms with Crippen molar-refractivity contribution in [1.29, 1.82) is 0 Å². The summed E-state index contributed by atoms with van der Waals surface area (Å²) in [6, 6.07) is 0. The molecular weight excluding hydrogens is 299 g/mol. The molecule has 5 heteroatoms. The number of esters is 2. The normalized spacial score (nSPS) is 37.6. The van der Waals surface area contributed by atoms with Crippen LogP contribution in [-0.4, -0.2) is 28.1 Å². The van der Waals surface area contributed by atoms with Crippen LogP contribution in [0.4, 0.5) is 0 Å². The van der Waals surface area contributed by atoms with Crippen molar-refractivity contribution >= 4 is 34.5 Å². The first-order valence-corrected chi connectivity index (χ1v) is 5.70. The van der Waals surface area contributed by atoms with Crippen LogP contribution in [0.5, 0.6) is 0 Å². The van der Waals surface area contributed by atoms with Gasteiger partial charge in [0.2, 0.25) is 0 Å². The fraction of sp³-hybridized carbons (Fsp3) is 0.778. The Labute approximate surface area is 96.5 Å². The number of carbonyl (C=O) groups excluding carboxylic acids is 2. The third-order valence-electron chi connectivity index (χ3n) is 2.23. The van der Waals surface area contributed by atoms with Crippen LogP contribution < -0.4 is 0 Å². The maximum absolute atomic E-state index is 11.3. The van der Waals surface area contributed by atoms with Gasteiger partial charge >= 0.3 is 11.9 Å². The number of halogens is 1. The number of alkyl halides is 1. The molecule has 14 heavy (non-hydrogen) atoms. The van der Waals surface area contributed by atoms with Crippen molar-refractivity contribution in [3.8, 4) is 0 Å². The Kier molecular flexibility index (Phi) is 3.74. The van der Waals surface area contributed by atoms with Gasteiger partial charge in [0, 0.05) is 6.92 Å². The van der Waals surface area contributed by atoms with E-state index in [1.165, 1.54) is 6.92 Å². The summed E-state index contributed by atoms with van der Waals surface area (Å²) in [6.07, 6.45) is -0.576. The molecular formula is C9H13IO4. The van der Waals surface area contributed by atoms with Gasteiger partial charge in [-0.2, -0.15) is 0 Å². The summed E-state index contributed by atoms with van der Waals surface area (Å²) in [5, 5.41) is 0. The molecule has 0 aromatic carbocycles. The van der Waals surface area contributed by atoms with Crippen molar-refractivity contribution in [2.24, 2.45) is 5.92 Å². The molecule has 1 heterocycles. The quantitative estimate of drug-likeness (QED) is 0.416. The summed E-state index contributed by atoms with van der Waals surface area (Å²) in [5.41, 5.74) is 0. The van der Waals surface area contributed by atoms with Crippen molar-refractivity contribution in [3.05, 3.63) is 0 Å². The van der Waals surface area contributed by atoms with Gasteiger partial charge in [0.15, 0.2) is 0 Å². The topological polar surface area (TPSA) is 52.6 Å². The second-order valence-corrected chi connectivity index (χ2v) is 4.89. The molecule has 0 N–H and O–H groups in total. The lowest BCUT2D eigenvalue weighted by molar-refractivity contribution is -0.173. The van der Waals surface area contributed by atoms with Crippen molar-refractivity contribution in [3.63, 3.8) is 0 Å². The molecule has 1 rings (SSSR count). The van der Waals surface area contributed by atoms with Crippen LogP contribution in [0.1, 0.15) is 20.8 Å². The van der Waals surface area contributed by atoms with Gasteiger partial charge in [-0.05, 0) is 13.8 Å². The van der Waals surface area contributed by atoms with E-state index in [0.717, 1.165) is 0 Å². The minimum absolute atomic E-state index is 0.0178. The number of hydrogen-bond acceptors (Lipinski definition) is 4. The van der Waals surface area contributed by atoms with Crippen LogP contribution in [0, 0.1) is 5.92 Å². The zero-order valence-corrected chi connectivity index (χ0v) is 10.5. The molecule has 0 radical (unpaired) electrons. The van der Waals surface area contributed by atoms with Gasteiger partial charge in [0.25, 0.3) is 0 Å². The Balaban J connectivity index is 2.76. The molecule has 1 fully saturated rings. The molecule has 0 aliphatic carbocycles. The zero-order valence-electron chi connectivity index (χ0n) is 8.32. The summed E-state index contributed by atoms with van der Waals surface area (Å²) in [6.45, 7) is 4.87. The molecule has 0 aromatic rings. The highest BCUT2D eigenvalue weighted by molar-refractivity contribution is 14.1. The number of carbonyl (C=O) groups is 2. The summed E-state index contributed by atoms with van der Waals surface area (Å²) in [4.78, 5) is 22.2. The molecule has 0 amide bonds.